The fraction of sp³-hybridized carbons (Fsp3) is 0.538. The molecule has 0 heterocycles. The summed E-state index contributed by atoms with van der Waals surface area (Å²) < 4.78 is 5.34. The van der Waals surface area contributed by atoms with Gasteiger partial charge in [0, 0.05) is 16.8 Å². The van der Waals surface area contributed by atoms with Crippen molar-refractivity contribution >= 4 is 23.4 Å². The van der Waals surface area contributed by atoms with Gasteiger partial charge in [0.1, 0.15) is 5.75 Å². The zero-order valence-corrected chi connectivity index (χ0v) is 12.5. The Kier molecular flexibility index (Phi) is 7.51. The molecule has 3 N–H and O–H groups in total. The first kappa shape index (κ1) is 15.6. The molecule has 1 unspecified atom stereocenters. The molecule has 5 heteroatoms. The van der Waals surface area contributed by atoms with E-state index in [0.717, 1.165) is 34.3 Å². The molecule has 1 aromatic carbocycles. The molecule has 0 saturated heterocycles. The van der Waals surface area contributed by atoms with Crippen LogP contribution in [0.2, 0.25) is 5.02 Å². The summed E-state index contributed by atoms with van der Waals surface area (Å²) in [5.74, 6) is 8.60. The fourth-order valence-electron chi connectivity index (χ4n) is 1.71. The molecular formula is C13H21ClN2OS. The van der Waals surface area contributed by atoms with E-state index >= 15 is 0 Å². The highest BCUT2D eigenvalue weighted by Crippen LogP contribution is 2.24. The van der Waals surface area contributed by atoms with E-state index in [1.165, 1.54) is 6.42 Å². The second-order valence-corrected chi connectivity index (χ2v) is 5.69. The molecule has 0 bridgehead atoms. The van der Waals surface area contributed by atoms with Gasteiger partial charge in [0.2, 0.25) is 0 Å². The van der Waals surface area contributed by atoms with Crippen LogP contribution in [0.25, 0.3) is 0 Å². The lowest BCUT2D eigenvalue weighted by atomic mass is 10.1. The molecule has 1 atom stereocenters. The summed E-state index contributed by atoms with van der Waals surface area (Å²) in [6.45, 7) is 2.18. The first-order chi connectivity index (χ1) is 8.71. The van der Waals surface area contributed by atoms with E-state index in [9.17, 15) is 0 Å². The molecule has 0 amide bonds. The van der Waals surface area contributed by atoms with Gasteiger partial charge >= 0.3 is 0 Å². The number of halogens is 1. The molecule has 1 rings (SSSR count). The average Bonchev–Trinajstić information content (AvgIpc) is 2.38. The quantitative estimate of drug-likeness (QED) is 0.439. The van der Waals surface area contributed by atoms with Gasteiger partial charge in [-0.05, 0) is 42.4 Å². The van der Waals surface area contributed by atoms with Crippen LogP contribution >= 0.6 is 23.4 Å². The number of rotatable bonds is 8. The summed E-state index contributed by atoms with van der Waals surface area (Å²) in [7, 11) is 1.67. The van der Waals surface area contributed by atoms with Gasteiger partial charge in [0.25, 0.3) is 0 Å². The van der Waals surface area contributed by atoms with Crippen molar-refractivity contribution in [3.8, 4) is 5.75 Å². The maximum atomic E-state index is 6.01. The van der Waals surface area contributed by atoms with Crippen LogP contribution in [0.5, 0.6) is 5.75 Å². The third-order valence-corrected chi connectivity index (χ3v) is 4.18. The first-order valence-electron chi connectivity index (χ1n) is 6.07. The number of benzene rings is 1. The second-order valence-electron chi connectivity index (χ2n) is 4.10. The van der Waals surface area contributed by atoms with E-state index < -0.39 is 0 Å². The maximum Gasteiger partial charge on any atom is 0.122 e. The Bertz CT molecular complexity index is 363. The molecule has 18 heavy (non-hydrogen) atoms. The van der Waals surface area contributed by atoms with E-state index in [0.29, 0.717) is 0 Å². The molecule has 0 aliphatic heterocycles. The summed E-state index contributed by atoms with van der Waals surface area (Å²) in [6.07, 6.45) is 2.00. The SMILES string of the molecule is CCCSCC(Cc1cc(Cl)ccc1OC)NN. The van der Waals surface area contributed by atoms with E-state index in [1.807, 2.05) is 30.0 Å². The van der Waals surface area contributed by atoms with Crippen molar-refractivity contribution in [2.24, 2.45) is 5.84 Å². The summed E-state index contributed by atoms with van der Waals surface area (Å²) in [5, 5.41) is 0.725. The van der Waals surface area contributed by atoms with Crippen LogP contribution in [-0.4, -0.2) is 24.7 Å². The number of methoxy groups -OCH3 is 1. The molecule has 0 radical (unpaired) electrons. The Morgan fingerprint density at radius 2 is 2.28 bits per heavy atom. The van der Waals surface area contributed by atoms with Crippen molar-refractivity contribution in [2.75, 3.05) is 18.6 Å². The number of nitrogens with one attached hydrogen (secondary N) is 1. The van der Waals surface area contributed by atoms with Crippen LogP contribution in [0.1, 0.15) is 18.9 Å². The Morgan fingerprint density at radius 1 is 1.50 bits per heavy atom. The van der Waals surface area contributed by atoms with Crippen molar-refractivity contribution in [2.45, 2.75) is 25.8 Å². The van der Waals surface area contributed by atoms with Crippen LogP contribution in [0.15, 0.2) is 18.2 Å². The Hall–Kier alpha value is -0.420. The van der Waals surface area contributed by atoms with Crippen molar-refractivity contribution in [3.63, 3.8) is 0 Å². The van der Waals surface area contributed by atoms with Crippen LogP contribution in [0.4, 0.5) is 0 Å². The summed E-state index contributed by atoms with van der Waals surface area (Å²) in [4.78, 5) is 0. The normalized spacial score (nSPS) is 12.4. The Labute approximate surface area is 118 Å². The van der Waals surface area contributed by atoms with E-state index in [2.05, 4.69) is 12.3 Å². The highest BCUT2D eigenvalue weighted by Gasteiger charge is 2.12. The van der Waals surface area contributed by atoms with Crippen LogP contribution in [0, 0.1) is 0 Å². The van der Waals surface area contributed by atoms with Crippen molar-refractivity contribution in [1.82, 2.24) is 5.43 Å². The lowest BCUT2D eigenvalue weighted by Crippen LogP contribution is -2.38. The molecule has 0 spiro atoms. The lowest BCUT2D eigenvalue weighted by Gasteiger charge is -2.17. The minimum Gasteiger partial charge on any atom is -0.496 e. The predicted octanol–water partition coefficient (Wildman–Crippen LogP) is 2.87. The Balaban J connectivity index is 2.65. The first-order valence-corrected chi connectivity index (χ1v) is 7.60. The van der Waals surface area contributed by atoms with Gasteiger partial charge < -0.3 is 4.74 Å². The zero-order valence-electron chi connectivity index (χ0n) is 10.9. The molecule has 0 aromatic heterocycles. The third kappa shape index (κ3) is 5.06. The molecule has 0 fully saturated rings. The van der Waals surface area contributed by atoms with Crippen LogP contribution < -0.4 is 16.0 Å². The average molecular weight is 289 g/mol. The van der Waals surface area contributed by atoms with Gasteiger partial charge in [-0.2, -0.15) is 11.8 Å². The van der Waals surface area contributed by atoms with Crippen molar-refractivity contribution in [3.05, 3.63) is 28.8 Å². The molecular weight excluding hydrogens is 268 g/mol. The van der Waals surface area contributed by atoms with Gasteiger partial charge in [-0.15, -0.1) is 0 Å². The van der Waals surface area contributed by atoms with Crippen molar-refractivity contribution in [1.29, 1.82) is 0 Å². The zero-order chi connectivity index (χ0) is 13.4. The molecule has 0 aliphatic rings. The van der Waals surface area contributed by atoms with Gasteiger partial charge in [-0.25, -0.2) is 0 Å². The van der Waals surface area contributed by atoms with Gasteiger partial charge in [0.15, 0.2) is 0 Å². The van der Waals surface area contributed by atoms with E-state index in [-0.39, 0.29) is 6.04 Å². The van der Waals surface area contributed by atoms with Crippen LogP contribution in [0.3, 0.4) is 0 Å². The third-order valence-electron chi connectivity index (χ3n) is 2.61. The van der Waals surface area contributed by atoms with Crippen LogP contribution in [-0.2, 0) is 6.42 Å². The molecule has 3 nitrogen and oxygen atoms in total. The number of hydrazine groups is 1. The van der Waals surface area contributed by atoms with Gasteiger partial charge in [-0.1, -0.05) is 18.5 Å². The lowest BCUT2D eigenvalue weighted by molar-refractivity contribution is 0.406. The monoisotopic (exact) mass is 288 g/mol. The smallest absolute Gasteiger partial charge is 0.122 e. The number of nitrogens with two attached hydrogens (primary N) is 1. The highest BCUT2D eigenvalue weighted by atomic mass is 35.5. The van der Waals surface area contributed by atoms with E-state index in [4.69, 9.17) is 22.2 Å². The fourth-order valence-corrected chi connectivity index (χ4v) is 2.86. The largest absolute Gasteiger partial charge is 0.496 e. The number of hydrogen-bond donors (Lipinski definition) is 2. The number of thioether (sulfide) groups is 1. The second kappa shape index (κ2) is 8.64. The summed E-state index contributed by atoms with van der Waals surface area (Å²) >= 11 is 7.92. The molecule has 0 saturated carbocycles. The van der Waals surface area contributed by atoms with Gasteiger partial charge in [-0.3, -0.25) is 11.3 Å². The van der Waals surface area contributed by atoms with Gasteiger partial charge in [0.05, 0.1) is 7.11 Å². The minimum absolute atomic E-state index is 0.230. The summed E-state index contributed by atoms with van der Waals surface area (Å²) in [6, 6.07) is 5.90. The number of hydrogen-bond acceptors (Lipinski definition) is 4. The predicted molar refractivity (Wildman–Crippen MR) is 80.4 cm³/mol. The molecule has 1 aromatic rings. The number of ether oxygens (including phenoxy) is 1. The Morgan fingerprint density at radius 3 is 2.89 bits per heavy atom. The molecule has 0 aliphatic carbocycles. The maximum absolute atomic E-state index is 6.01. The van der Waals surface area contributed by atoms with E-state index in [1.54, 1.807) is 7.11 Å². The minimum atomic E-state index is 0.230. The van der Waals surface area contributed by atoms with Crippen molar-refractivity contribution < 1.29 is 4.74 Å². The topological polar surface area (TPSA) is 47.3 Å². The molecule has 102 valence electrons. The summed E-state index contributed by atoms with van der Waals surface area (Å²) in [5.41, 5.74) is 3.95. The standard InChI is InChI=1S/C13H21ClN2OS/c1-3-6-18-9-12(16-15)8-10-7-11(14)4-5-13(10)17-2/h4-5,7,12,16H,3,6,8-9,15H2,1-2H3. The highest BCUT2D eigenvalue weighted by molar-refractivity contribution is 7.99.